The van der Waals surface area contributed by atoms with Crippen LogP contribution in [0.2, 0.25) is 0 Å². The van der Waals surface area contributed by atoms with Crippen LogP contribution in [0.4, 0.5) is 13.2 Å². The molecule has 0 bridgehead atoms. The van der Waals surface area contributed by atoms with Crippen LogP contribution in [-0.2, 0) is 4.74 Å². The summed E-state index contributed by atoms with van der Waals surface area (Å²) in [6.45, 7) is 6.40. The van der Waals surface area contributed by atoms with Gasteiger partial charge in [0.1, 0.15) is 0 Å². The van der Waals surface area contributed by atoms with Crippen molar-refractivity contribution in [3.8, 4) is 0 Å². The average Bonchev–Trinajstić information content (AvgIpc) is 3.25. The Bertz CT molecular complexity index is 482. The highest BCUT2D eigenvalue weighted by Gasteiger charge is 2.35. The highest BCUT2D eigenvalue weighted by atomic mass is 19.4. The molecule has 9 heteroatoms. The lowest BCUT2D eigenvalue weighted by molar-refractivity contribution is -0.143. The smallest absolute Gasteiger partial charge is 0.379 e. The molecule has 6 nitrogen and oxygen atoms in total. The van der Waals surface area contributed by atoms with E-state index >= 15 is 0 Å². The Hall–Kier alpha value is -1.06. The standard InChI is InChI=1S/C17H30F3N5O/c1-21-16(22-10-14-2-4-23(11-14)13-17(18,19)20)25-5-3-15(12-25)24-6-8-26-9-7-24/h14-15H,2-13H2,1H3,(H,21,22). The third kappa shape index (κ3) is 5.47. The van der Waals surface area contributed by atoms with Gasteiger partial charge in [-0.1, -0.05) is 0 Å². The molecule has 0 radical (unpaired) electrons. The molecule has 26 heavy (non-hydrogen) atoms. The number of aliphatic imine (C=N–C) groups is 1. The van der Waals surface area contributed by atoms with Gasteiger partial charge < -0.3 is 15.0 Å². The van der Waals surface area contributed by atoms with E-state index in [-0.39, 0.29) is 5.92 Å². The summed E-state index contributed by atoms with van der Waals surface area (Å²) in [7, 11) is 1.77. The first kappa shape index (κ1) is 19.7. The van der Waals surface area contributed by atoms with Gasteiger partial charge in [-0.05, 0) is 25.3 Å². The number of rotatable bonds is 4. The second-order valence-electron chi connectivity index (χ2n) is 7.47. The summed E-state index contributed by atoms with van der Waals surface area (Å²) in [5, 5.41) is 3.38. The minimum Gasteiger partial charge on any atom is -0.379 e. The first-order chi connectivity index (χ1) is 12.4. The van der Waals surface area contributed by atoms with Gasteiger partial charge in [0.15, 0.2) is 5.96 Å². The number of ether oxygens (including phenoxy) is 1. The van der Waals surface area contributed by atoms with Gasteiger partial charge in [-0.2, -0.15) is 13.2 Å². The number of morpholine rings is 1. The highest BCUT2D eigenvalue weighted by molar-refractivity contribution is 5.80. The minimum atomic E-state index is -4.11. The molecule has 2 unspecified atom stereocenters. The molecule has 3 aliphatic rings. The van der Waals surface area contributed by atoms with Gasteiger partial charge in [-0.15, -0.1) is 0 Å². The molecule has 0 aromatic rings. The third-order valence-electron chi connectivity index (χ3n) is 5.56. The van der Waals surface area contributed by atoms with Gasteiger partial charge >= 0.3 is 6.18 Å². The van der Waals surface area contributed by atoms with Gasteiger partial charge in [0.25, 0.3) is 0 Å². The van der Waals surface area contributed by atoms with Crippen molar-refractivity contribution in [3.63, 3.8) is 0 Å². The fraction of sp³-hybridized carbons (Fsp3) is 0.941. The number of nitrogens with one attached hydrogen (secondary N) is 1. The van der Waals surface area contributed by atoms with E-state index in [9.17, 15) is 13.2 Å². The van der Waals surface area contributed by atoms with Gasteiger partial charge in [0.05, 0.1) is 19.8 Å². The zero-order chi connectivity index (χ0) is 18.6. The zero-order valence-electron chi connectivity index (χ0n) is 15.5. The predicted molar refractivity (Wildman–Crippen MR) is 94.3 cm³/mol. The van der Waals surface area contributed by atoms with Gasteiger partial charge in [-0.3, -0.25) is 14.8 Å². The monoisotopic (exact) mass is 377 g/mol. The molecule has 1 N–H and O–H groups in total. The Kier molecular flexibility index (Phi) is 6.63. The van der Waals surface area contributed by atoms with Crippen LogP contribution in [0.15, 0.2) is 4.99 Å². The number of alkyl halides is 3. The Morgan fingerprint density at radius 1 is 1.12 bits per heavy atom. The quantitative estimate of drug-likeness (QED) is 0.581. The van der Waals surface area contributed by atoms with Crippen molar-refractivity contribution in [1.82, 2.24) is 20.0 Å². The number of halogens is 3. The van der Waals surface area contributed by atoms with E-state index in [1.165, 1.54) is 4.90 Å². The zero-order valence-corrected chi connectivity index (χ0v) is 15.5. The van der Waals surface area contributed by atoms with Crippen LogP contribution in [0.5, 0.6) is 0 Å². The lowest BCUT2D eigenvalue weighted by Gasteiger charge is -2.32. The highest BCUT2D eigenvalue weighted by Crippen LogP contribution is 2.22. The van der Waals surface area contributed by atoms with Crippen LogP contribution in [0.25, 0.3) is 0 Å². The van der Waals surface area contributed by atoms with Crippen LogP contribution < -0.4 is 5.32 Å². The Morgan fingerprint density at radius 3 is 2.58 bits per heavy atom. The molecular formula is C17H30F3N5O. The summed E-state index contributed by atoms with van der Waals surface area (Å²) in [6.07, 6.45) is -2.19. The molecule has 0 amide bonds. The number of likely N-dealkylation sites (tertiary alicyclic amines) is 2. The van der Waals surface area contributed by atoms with Crippen molar-refractivity contribution in [2.24, 2.45) is 10.9 Å². The van der Waals surface area contributed by atoms with Crippen molar-refractivity contribution in [2.45, 2.75) is 25.1 Å². The summed E-state index contributed by atoms with van der Waals surface area (Å²) in [6, 6.07) is 0.534. The number of hydrogen-bond acceptors (Lipinski definition) is 4. The Labute approximate surface area is 153 Å². The second-order valence-corrected chi connectivity index (χ2v) is 7.47. The molecule has 150 valence electrons. The first-order valence-electron chi connectivity index (χ1n) is 9.51. The lowest BCUT2D eigenvalue weighted by atomic mass is 10.1. The van der Waals surface area contributed by atoms with Gasteiger partial charge in [0.2, 0.25) is 0 Å². The molecule has 0 saturated carbocycles. The molecule has 3 aliphatic heterocycles. The predicted octanol–water partition coefficient (Wildman–Crippen LogP) is 0.853. The van der Waals surface area contributed by atoms with E-state index in [2.05, 4.69) is 20.1 Å². The first-order valence-corrected chi connectivity index (χ1v) is 9.51. The van der Waals surface area contributed by atoms with Crippen LogP contribution >= 0.6 is 0 Å². The molecule has 0 aromatic carbocycles. The summed E-state index contributed by atoms with van der Waals surface area (Å²) in [5.41, 5.74) is 0. The normalized spacial score (nSPS) is 29.5. The van der Waals surface area contributed by atoms with E-state index in [0.717, 1.165) is 58.2 Å². The summed E-state index contributed by atoms with van der Waals surface area (Å²) in [4.78, 5) is 10.6. The average molecular weight is 377 g/mol. The maximum absolute atomic E-state index is 12.5. The van der Waals surface area contributed by atoms with E-state index in [0.29, 0.717) is 25.7 Å². The third-order valence-corrected chi connectivity index (χ3v) is 5.56. The van der Waals surface area contributed by atoms with E-state index in [1.54, 1.807) is 7.05 Å². The van der Waals surface area contributed by atoms with Crippen molar-refractivity contribution in [1.29, 1.82) is 0 Å². The van der Waals surface area contributed by atoms with Crippen LogP contribution in [0, 0.1) is 5.92 Å². The summed E-state index contributed by atoms with van der Waals surface area (Å²) < 4.78 is 42.9. The molecule has 3 rings (SSSR count). The summed E-state index contributed by atoms with van der Waals surface area (Å²) in [5.74, 6) is 1.11. The van der Waals surface area contributed by atoms with Crippen LogP contribution in [0.1, 0.15) is 12.8 Å². The fourth-order valence-corrected chi connectivity index (χ4v) is 4.22. The van der Waals surface area contributed by atoms with E-state index < -0.39 is 12.7 Å². The number of nitrogens with zero attached hydrogens (tertiary/aromatic N) is 4. The maximum atomic E-state index is 12.5. The Balaban J connectivity index is 1.41. The largest absolute Gasteiger partial charge is 0.401 e. The molecular weight excluding hydrogens is 347 g/mol. The van der Waals surface area contributed by atoms with E-state index in [1.807, 2.05) is 0 Å². The van der Waals surface area contributed by atoms with Crippen molar-refractivity contribution in [3.05, 3.63) is 0 Å². The van der Waals surface area contributed by atoms with Gasteiger partial charge in [0, 0.05) is 52.4 Å². The molecule has 3 fully saturated rings. The molecule has 0 aromatic heterocycles. The summed E-state index contributed by atoms with van der Waals surface area (Å²) >= 11 is 0. The maximum Gasteiger partial charge on any atom is 0.401 e. The van der Waals surface area contributed by atoms with Crippen LogP contribution in [0.3, 0.4) is 0 Å². The number of guanidine groups is 1. The van der Waals surface area contributed by atoms with Crippen molar-refractivity contribution in [2.75, 3.05) is 72.6 Å². The van der Waals surface area contributed by atoms with Crippen molar-refractivity contribution >= 4 is 5.96 Å². The lowest BCUT2D eigenvalue weighted by Crippen LogP contribution is -2.47. The van der Waals surface area contributed by atoms with Gasteiger partial charge in [-0.25, -0.2) is 0 Å². The fourth-order valence-electron chi connectivity index (χ4n) is 4.22. The molecule has 0 spiro atoms. The molecule has 3 heterocycles. The minimum absolute atomic E-state index is 0.242. The topological polar surface area (TPSA) is 43.3 Å². The van der Waals surface area contributed by atoms with E-state index in [4.69, 9.17) is 4.74 Å². The Morgan fingerprint density at radius 2 is 1.88 bits per heavy atom. The van der Waals surface area contributed by atoms with Crippen LogP contribution in [-0.4, -0.2) is 105 Å². The molecule has 3 saturated heterocycles. The second kappa shape index (κ2) is 8.75. The molecule has 2 atom stereocenters. The number of hydrogen-bond donors (Lipinski definition) is 1. The molecule has 0 aliphatic carbocycles. The SMILES string of the molecule is CN=C(NCC1CCN(CC(F)(F)F)C1)N1CCC(N2CCOCC2)C1. The van der Waals surface area contributed by atoms with Crippen molar-refractivity contribution < 1.29 is 17.9 Å².